The Balaban J connectivity index is 1.42. The summed E-state index contributed by atoms with van der Waals surface area (Å²) in [6.07, 6.45) is 0. The van der Waals surface area contributed by atoms with E-state index < -0.39 is 0 Å². The minimum absolute atomic E-state index is 0.233. The number of piperazine rings is 1. The number of likely N-dealkylation sites (N-methyl/N-ethyl adjacent to an activating group) is 1. The van der Waals surface area contributed by atoms with Crippen LogP contribution < -0.4 is 15.5 Å². The first-order valence-electron chi connectivity index (χ1n) is 9.84. The molecule has 0 aliphatic carbocycles. The highest BCUT2D eigenvalue weighted by molar-refractivity contribution is 7.80. The Kier molecular flexibility index (Phi) is 6.18. The standard InChI is InChI=1S/C23H23ClN4OS/c1-27-11-13-28(14-12-27)21-10-9-17(15-20(21)24)25-23(30)26-22(29)19-8-4-6-16-5-2-3-7-18(16)19/h2-10,15H,11-14H2,1H3,(H2,25,26,29,30). The number of fused-ring (bicyclic) bond motifs is 1. The summed E-state index contributed by atoms with van der Waals surface area (Å²) in [6, 6.07) is 19.2. The molecule has 3 aromatic carbocycles. The predicted octanol–water partition coefficient (Wildman–Crippen LogP) is 4.37. The minimum Gasteiger partial charge on any atom is -0.368 e. The molecule has 1 aliphatic heterocycles. The Hall–Kier alpha value is -2.67. The molecule has 0 aromatic heterocycles. The monoisotopic (exact) mass is 438 g/mol. The number of hydrogen-bond acceptors (Lipinski definition) is 4. The molecule has 30 heavy (non-hydrogen) atoms. The highest BCUT2D eigenvalue weighted by Crippen LogP contribution is 2.29. The van der Waals surface area contributed by atoms with Gasteiger partial charge in [-0.25, -0.2) is 0 Å². The molecule has 154 valence electrons. The van der Waals surface area contributed by atoms with E-state index in [1.165, 1.54) is 0 Å². The van der Waals surface area contributed by atoms with Gasteiger partial charge in [0.2, 0.25) is 0 Å². The number of benzene rings is 3. The quantitative estimate of drug-likeness (QED) is 0.594. The van der Waals surface area contributed by atoms with E-state index in [9.17, 15) is 4.79 Å². The lowest BCUT2D eigenvalue weighted by Crippen LogP contribution is -2.44. The molecule has 1 fully saturated rings. The third-order valence-corrected chi connectivity index (χ3v) is 5.82. The lowest BCUT2D eigenvalue weighted by atomic mass is 10.0. The molecule has 2 N–H and O–H groups in total. The molecule has 0 saturated carbocycles. The van der Waals surface area contributed by atoms with Gasteiger partial charge in [-0.2, -0.15) is 0 Å². The van der Waals surface area contributed by atoms with Gasteiger partial charge in [0.05, 0.1) is 10.7 Å². The average molecular weight is 439 g/mol. The van der Waals surface area contributed by atoms with E-state index >= 15 is 0 Å². The largest absolute Gasteiger partial charge is 0.368 e. The summed E-state index contributed by atoms with van der Waals surface area (Å²) in [5, 5.41) is 8.61. The Morgan fingerprint density at radius 1 is 1.00 bits per heavy atom. The molecule has 0 spiro atoms. The van der Waals surface area contributed by atoms with Crippen LogP contribution in [0.15, 0.2) is 60.7 Å². The second kappa shape index (κ2) is 9.00. The number of anilines is 2. The summed E-state index contributed by atoms with van der Waals surface area (Å²) in [4.78, 5) is 17.3. The van der Waals surface area contributed by atoms with Crippen molar-refractivity contribution in [3.8, 4) is 0 Å². The van der Waals surface area contributed by atoms with Crippen molar-refractivity contribution in [2.24, 2.45) is 0 Å². The van der Waals surface area contributed by atoms with E-state index in [0.717, 1.165) is 48.3 Å². The number of hydrogen-bond donors (Lipinski definition) is 2. The van der Waals surface area contributed by atoms with Crippen LogP contribution in [0, 0.1) is 0 Å². The number of carbonyl (C=O) groups excluding carboxylic acids is 1. The highest BCUT2D eigenvalue weighted by Gasteiger charge is 2.17. The summed E-state index contributed by atoms with van der Waals surface area (Å²) in [7, 11) is 2.12. The lowest BCUT2D eigenvalue weighted by molar-refractivity contribution is 0.0979. The summed E-state index contributed by atoms with van der Waals surface area (Å²) in [6.45, 7) is 3.92. The topological polar surface area (TPSA) is 47.6 Å². The zero-order chi connectivity index (χ0) is 21.1. The Morgan fingerprint density at radius 3 is 2.50 bits per heavy atom. The molecular weight excluding hydrogens is 416 g/mol. The first-order chi connectivity index (χ1) is 14.5. The third kappa shape index (κ3) is 4.56. The smallest absolute Gasteiger partial charge is 0.258 e. The van der Waals surface area contributed by atoms with Crippen molar-refractivity contribution in [3.05, 3.63) is 71.2 Å². The van der Waals surface area contributed by atoms with Crippen LogP contribution in [0.2, 0.25) is 5.02 Å². The van der Waals surface area contributed by atoms with Gasteiger partial charge in [0.1, 0.15) is 0 Å². The molecular formula is C23H23ClN4OS. The fourth-order valence-electron chi connectivity index (χ4n) is 3.64. The van der Waals surface area contributed by atoms with Gasteiger partial charge in [-0.05, 0) is 54.3 Å². The van der Waals surface area contributed by atoms with Crippen LogP contribution in [0.5, 0.6) is 0 Å². The van der Waals surface area contributed by atoms with Crippen LogP contribution in [0.25, 0.3) is 10.8 Å². The van der Waals surface area contributed by atoms with Gasteiger partial charge in [0, 0.05) is 37.4 Å². The molecule has 0 bridgehead atoms. The number of nitrogens with one attached hydrogen (secondary N) is 2. The molecule has 0 atom stereocenters. The first-order valence-corrected chi connectivity index (χ1v) is 10.6. The van der Waals surface area contributed by atoms with Crippen molar-refractivity contribution in [1.29, 1.82) is 0 Å². The second-order valence-electron chi connectivity index (χ2n) is 7.39. The molecule has 7 heteroatoms. The molecule has 1 aliphatic rings. The molecule has 1 amide bonds. The predicted molar refractivity (Wildman–Crippen MR) is 129 cm³/mol. The Morgan fingerprint density at radius 2 is 1.73 bits per heavy atom. The van der Waals surface area contributed by atoms with Crippen molar-refractivity contribution in [3.63, 3.8) is 0 Å². The molecule has 5 nitrogen and oxygen atoms in total. The third-order valence-electron chi connectivity index (χ3n) is 5.31. The fraction of sp³-hybridized carbons (Fsp3) is 0.217. The summed E-state index contributed by atoms with van der Waals surface area (Å²) < 4.78 is 0. The number of thiocarbonyl (C=S) groups is 1. The van der Waals surface area contributed by atoms with Crippen LogP contribution in [-0.4, -0.2) is 49.1 Å². The van der Waals surface area contributed by atoms with Crippen LogP contribution >= 0.6 is 23.8 Å². The SMILES string of the molecule is CN1CCN(c2ccc(NC(=S)NC(=O)c3cccc4ccccc34)cc2Cl)CC1. The number of nitrogens with zero attached hydrogens (tertiary/aromatic N) is 2. The van der Waals surface area contributed by atoms with Gasteiger partial charge in [0.25, 0.3) is 5.91 Å². The highest BCUT2D eigenvalue weighted by atomic mass is 35.5. The average Bonchev–Trinajstić information content (AvgIpc) is 2.74. The van der Waals surface area contributed by atoms with Gasteiger partial charge < -0.3 is 15.1 Å². The van der Waals surface area contributed by atoms with E-state index in [1.54, 1.807) is 6.07 Å². The first kappa shape index (κ1) is 20.6. The van der Waals surface area contributed by atoms with Crippen molar-refractivity contribution in [2.75, 3.05) is 43.4 Å². The van der Waals surface area contributed by atoms with E-state index in [0.29, 0.717) is 10.6 Å². The summed E-state index contributed by atoms with van der Waals surface area (Å²) in [5.41, 5.74) is 2.34. The number of halogens is 1. The van der Waals surface area contributed by atoms with Crippen molar-refractivity contribution >= 4 is 57.0 Å². The summed E-state index contributed by atoms with van der Waals surface area (Å²) >= 11 is 11.9. The zero-order valence-electron chi connectivity index (χ0n) is 16.7. The minimum atomic E-state index is -0.246. The van der Waals surface area contributed by atoms with Crippen molar-refractivity contribution < 1.29 is 4.79 Å². The molecule has 1 saturated heterocycles. The van der Waals surface area contributed by atoms with Crippen LogP contribution in [0.1, 0.15) is 10.4 Å². The number of rotatable bonds is 3. The van der Waals surface area contributed by atoms with Gasteiger partial charge in [-0.1, -0.05) is 48.0 Å². The fourth-order valence-corrected chi connectivity index (χ4v) is 4.16. The summed E-state index contributed by atoms with van der Waals surface area (Å²) in [5.74, 6) is -0.246. The van der Waals surface area contributed by atoms with Gasteiger partial charge in [0.15, 0.2) is 5.11 Å². The second-order valence-corrected chi connectivity index (χ2v) is 8.21. The maximum atomic E-state index is 12.7. The molecule has 4 rings (SSSR count). The molecule has 0 radical (unpaired) electrons. The maximum Gasteiger partial charge on any atom is 0.258 e. The lowest BCUT2D eigenvalue weighted by Gasteiger charge is -2.34. The van der Waals surface area contributed by atoms with Crippen LogP contribution in [-0.2, 0) is 0 Å². The molecule has 1 heterocycles. The number of carbonyl (C=O) groups is 1. The van der Waals surface area contributed by atoms with Gasteiger partial charge in [-0.3, -0.25) is 10.1 Å². The van der Waals surface area contributed by atoms with Crippen molar-refractivity contribution in [1.82, 2.24) is 10.2 Å². The van der Waals surface area contributed by atoms with Crippen molar-refractivity contribution in [2.45, 2.75) is 0 Å². The van der Waals surface area contributed by atoms with E-state index in [2.05, 4.69) is 27.5 Å². The number of amides is 1. The Bertz CT molecular complexity index is 1090. The zero-order valence-corrected chi connectivity index (χ0v) is 18.3. The van der Waals surface area contributed by atoms with Gasteiger partial charge in [-0.15, -0.1) is 0 Å². The maximum absolute atomic E-state index is 12.7. The van der Waals surface area contributed by atoms with E-state index in [4.69, 9.17) is 23.8 Å². The van der Waals surface area contributed by atoms with E-state index in [1.807, 2.05) is 54.6 Å². The Labute approximate surface area is 186 Å². The molecule has 3 aromatic rings. The normalized spacial score (nSPS) is 14.5. The van der Waals surface area contributed by atoms with E-state index in [-0.39, 0.29) is 11.0 Å². The van der Waals surface area contributed by atoms with Gasteiger partial charge >= 0.3 is 0 Å². The molecule has 0 unspecified atom stereocenters. The van der Waals surface area contributed by atoms with Crippen LogP contribution in [0.4, 0.5) is 11.4 Å². The van der Waals surface area contributed by atoms with Crippen LogP contribution in [0.3, 0.4) is 0 Å².